The SMILES string of the molecule is COc1cc(O)cc(OC)c1[C@H]1C2=CC[C@@H]3C(=O)N(c4ccc([N+](=O)[O-])cc4)C(=O)[C@@H]3[C@@H]2C[C@H]2C(=O)C(c3ccccc3)=CC(=O)[C@@]12c1ccccc1. The molecule has 11 nitrogen and oxygen atoms in total. The van der Waals surface area contributed by atoms with E-state index in [1.165, 1.54) is 56.7 Å². The molecular formula is C42H34N2O9. The molecule has 1 aliphatic heterocycles. The van der Waals surface area contributed by atoms with E-state index in [1.807, 2.05) is 42.5 Å². The van der Waals surface area contributed by atoms with E-state index in [2.05, 4.69) is 0 Å². The van der Waals surface area contributed by atoms with E-state index < -0.39 is 51.7 Å². The minimum atomic E-state index is -1.53. The van der Waals surface area contributed by atoms with Gasteiger partial charge in [0.2, 0.25) is 11.8 Å². The number of nitro groups is 1. The summed E-state index contributed by atoms with van der Waals surface area (Å²) in [5.74, 6) is -5.43. The van der Waals surface area contributed by atoms with Crippen LogP contribution in [-0.2, 0) is 24.6 Å². The van der Waals surface area contributed by atoms with Crippen LogP contribution < -0.4 is 14.4 Å². The van der Waals surface area contributed by atoms with Crippen molar-refractivity contribution in [1.29, 1.82) is 0 Å². The fraction of sp³-hybridized carbons (Fsp3) is 0.238. The van der Waals surface area contributed by atoms with Crippen molar-refractivity contribution in [2.24, 2.45) is 23.7 Å². The number of methoxy groups -OCH3 is 2. The number of imide groups is 1. The number of ketones is 2. The number of carbonyl (C=O) groups is 4. The number of rotatable bonds is 7. The van der Waals surface area contributed by atoms with E-state index in [0.29, 0.717) is 22.3 Å². The second kappa shape index (κ2) is 12.7. The number of nitrogens with zero attached hydrogens (tertiary/aromatic N) is 2. The first-order valence-electron chi connectivity index (χ1n) is 17.3. The molecule has 2 amide bonds. The molecule has 2 fully saturated rings. The molecule has 0 aromatic heterocycles. The van der Waals surface area contributed by atoms with Crippen LogP contribution in [0.15, 0.2) is 115 Å². The van der Waals surface area contributed by atoms with E-state index in [0.717, 1.165) is 4.90 Å². The number of phenols is 1. The molecule has 1 saturated carbocycles. The third-order valence-electron chi connectivity index (χ3n) is 11.5. The summed E-state index contributed by atoms with van der Waals surface area (Å²) in [7, 11) is 2.89. The lowest BCUT2D eigenvalue weighted by molar-refractivity contribution is -0.384. The fourth-order valence-corrected chi connectivity index (χ4v) is 9.38. The third kappa shape index (κ3) is 4.94. The van der Waals surface area contributed by atoms with Gasteiger partial charge < -0.3 is 14.6 Å². The van der Waals surface area contributed by atoms with Gasteiger partial charge in [-0.3, -0.25) is 34.2 Å². The Hall–Kier alpha value is -6.36. The number of benzene rings is 4. The number of aromatic hydroxyl groups is 1. The Labute approximate surface area is 304 Å². The number of non-ortho nitro benzene ring substituents is 1. The van der Waals surface area contributed by atoms with Crippen LogP contribution >= 0.6 is 0 Å². The van der Waals surface area contributed by atoms with Crippen LogP contribution in [0.3, 0.4) is 0 Å². The number of allylic oxidation sites excluding steroid dienone is 4. The van der Waals surface area contributed by atoms with Crippen molar-refractivity contribution < 1.29 is 38.7 Å². The molecule has 8 rings (SSSR count). The standard InChI is InChI=1S/C42H34N2O9/c1-52-33-19-27(45)20-34(53-2)37(33)38-28-17-18-29-36(41(49)43(40(29)48)25-13-15-26(16-14-25)44(50)51)31(28)21-32-39(47)30(23-9-5-3-6-10-23)22-35(46)42(32,38)24-11-7-4-8-12-24/h3-17,19-20,22,29,31-32,36,38,45H,18,21H2,1-2H3/t29-,31+,32-,36-,38+,42-/m0/s1. The topological polar surface area (TPSA) is 153 Å². The molecule has 1 heterocycles. The average Bonchev–Trinajstić information content (AvgIpc) is 3.44. The normalized spacial score (nSPS) is 26.2. The first kappa shape index (κ1) is 33.8. The highest BCUT2D eigenvalue weighted by Crippen LogP contribution is 2.65. The van der Waals surface area contributed by atoms with E-state index in [4.69, 9.17) is 9.47 Å². The molecule has 3 aliphatic carbocycles. The van der Waals surface area contributed by atoms with Crippen molar-refractivity contribution in [3.05, 3.63) is 142 Å². The summed E-state index contributed by atoms with van der Waals surface area (Å²) in [6.07, 6.45) is 3.61. The largest absolute Gasteiger partial charge is 0.508 e. The second-order valence-electron chi connectivity index (χ2n) is 13.8. The van der Waals surface area contributed by atoms with Crippen LogP contribution in [0.2, 0.25) is 0 Å². The highest BCUT2D eigenvalue weighted by molar-refractivity contribution is 6.32. The summed E-state index contributed by atoms with van der Waals surface area (Å²) < 4.78 is 11.8. The predicted molar refractivity (Wildman–Crippen MR) is 193 cm³/mol. The Morgan fingerprint density at radius 1 is 0.830 bits per heavy atom. The van der Waals surface area contributed by atoms with Crippen LogP contribution in [-0.4, -0.2) is 47.6 Å². The maximum absolute atomic E-state index is 15.3. The number of ether oxygens (including phenoxy) is 2. The Bertz CT molecular complexity index is 2240. The number of Topliss-reactive ketones (excluding diaryl/α,β-unsaturated/α-hetero) is 1. The highest BCUT2D eigenvalue weighted by Gasteiger charge is 2.66. The van der Waals surface area contributed by atoms with Gasteiger partial charge in [0.25, 0.3) is 5.69 Å². The summed E-state index contributed by atoms with van der Waals surface area (Å²) in [6, 6.07) is 26.2. The second-order valence-corrected chi connectivity index (χ2v) is 13.8. The lowest BCUT2D eigenvalue weighted by Crippen LogP contribution is -2.59. The maximum atomic E-state index is 15.3. The number of nitro benzene ring substituents is 1. The molecule has 0 unspecified atom stereocenters. The number of anilines is 1. The number of hydrogen-bond donors (Lipinski definition) is 1. The van der Waals surface area contributed by atoms with E-state index in [-0.39, 0.29) is 58.6 Å². The highest BCUT2D eigenvalue weighted by atomic mass is 16.6. The Balaban J connectivity index is 1.38. The van der Waals surface area contributed by atoms with Gasteiger partial charge in [-0.15, -0.1) is 0 Å². The monoisotopic (exact) mass is 710 g/mol. The van der Waals surface area contributed by atoms with E-state index in [1.54, 1.807) is 24.3 Å². The molecule has 4 aromatic carbocycles. The Kier molecular flexibility index (Phi) is 8.09. The molecule has 0 bridgehead atoms. The van der Waals surface area contributed by atoms with Crippen molar-refractivity contribution in [3.63, 3.8) is 0 Å². The first-order chi connectivity index (χ1) is 25.6. The van der Waals surface area contributed by atoms with Gasteiger partial charge in [0.15, 0.2) is 11.6 Å². The molecular weight excluding hydrogens is 676 g/mol. The average molecular weight is 711 g/mol. The zero-order valence-corrected chi connectivity index (χ0v) is 28.8. The van der Waals surface area contributed by atoms with Gasteiger partial charge in [-0.2, -0.15) is 0 Å². The van der Waals surface area contributed by atoms with Gasteiger partial charge in [0.1, 0.15) is 17.2 Å². The van der Waals surface area contributed by atoms with Crippen LogP contribution in [0.5, 0.6) is 17.2 Å². The molecule has 266 valence electrons. The predicted octanol–water partition coefficient (Wildman–Crippen LogP) is 6.35. The number of phenolic OH excluding ortho intramolecular Hbond substituents is 1. The van der Waals surface area contributed by atoms with E-state index >= 15 is 9.59 Å². The molecule has 1 saturated heterocycles. The zero-order valence-electron chi connectivity index (χ0n) is 28.8. The zero-order chi connectivity index (χ0) is 37.2. The lowest BCUT2D eigenvalue weighted by atomic mass is 9.44. The summed E-state index contributed by atoms with van der Waals surface area (Å²) in [4.78, 5) is 71.0. The number of fused-ring (bicyclic) bond motifs is 4. The Morgan fingerprint density at radius 2 is 1.45 bits per heavy atom. The molecule has 1 N–H and O–H groups in total. The summed E-state index contributed by atoms with van der Waals surface area (Å²) in [6.45, 7) is 0. The minimum absolute atomic E-state index is 0.0863. The molecule has 53 heavy (non-hydrogen) atoms. The molecule has 4 aromatic rings. The van der Waals surface area contributed by atoms with Gasteiger partial charge in [-0.25, -0.2) is 0 Å². The summed E-state index contributed by atoms with van der Waals surface area (Å²) in [5, 5.41) is 22.1. The lowest BCUT2D eigenvalue weighted by Gasteiger charge is -2.55. The smallest absolute Gasteiger partial charge is 0.269 e. The van der Waals surface area contributed by atoms with Crippen molar-refractivity contribution in [3.8, 4) is 17.2 Å². The number of amides is 2. The van der Waals surface area contributed by atoms with Gasteiger partial charge in [0, 0.05) is 47.2 Å². The van der Waals surface area contributed by atoms with Crippen molar-refractivity contribution in [2.75, 3.05) is 19.1 Å². The van der Waals surface area contributed by atoms with Gasteiger partial charge in [-0.1, -0.05) is 72.3 Å². The molecule has 6 atom stereocenters. The van der Waals surface area contributed by atoms with Crippen molar-refractivity contribution in [1.82, 2.24) is 0 Å². The van der Waals surface area contributed by atoms with Crippen molar-refractivity contribution in [2.45, 2.75) is 24.2 Å². The quantitative estimate of drug-likeness (QED) is 0.100. The minimum Gasteiger partial charge on any atom is -0.508 e. The molecule has 0 radical (unpaired) electrons. The maximum Gasteiger partial charge on any atom is 0.269 e. The molecule has 4 aliphatic rings. The van der Waals surface area contributed by atoms with Crippen LogP contribution in [0.25, 0.3) is 5.57 Å². The number of hydrogen-bond acceptors (Lipinski definition) is 9. The molecule has 11 heteroatoms. The van der Waals surface area contributed by atoms with Crippen LogP contribution in [0, 0.1) is 33.8 Å². The number of carbonyl (C=O) groups excluding carboxylic acids is 4. The fourth-order valence-electron chi connectivity index (χ4n) is 9.38. The van der Waals surface area contributed by atoms with E-state index in [9.17, 15) is 24.8 Å². The summed E-state index contributed by atoms with van der Waals surface area (Å²) in [5.41, 5.74) is 1.06. The van der Waals surface area contributed by atoms with Gasteiger partial charge >= 0.3 is 0 Å². The first-order valence-corrected chi connectivity index (χ1v) is 17.3. The third-order valence-corrected chi connectivity index (χ3v) is 11.5. The van der Waals surface area contributed by atoms with Crippen LogP contribution in [0.4, 0.5) is 11.4 Å². The van der Waals surface area contributed by atoms with Crippen molar-refractivity contribution >= 4 is 40.3 Å². The van der Waals surface area contributed by atoms with Gasteiger partial charge in [0.05, 0.1) is 42.1 Å². The Morgan fingerprint density at radius 3 is 2.06 bits per heavy atom. The summed E-state index contributed by atoms with van der Waals surface area (Å²) >= 11 is 0. The van der Waals surface area contributed by atoms with Gasteiger partial charge in [-0.05, 0) is 48.1 Å². The molecule has 0 spiro atoms. The van der Waals surface area contributed by atoms with Crippen LogP contribution in [0.1, 0.15) is 35.4 Å².